The summed E-state index contributed by atoms with van der Waals surface area (Å²) in [5.74, 6) is -0.0319. The van der Waals surface area contributed by atoms with Gasteiger partial charge in [0, 0.05) is 18.1 Å². The first-order valence-electron chi connectivity index (χ1n) is 3.53. The monoisotopic (exact) mass is 149 g/mol. The van der Waals surface area contributed by atoms with E-state index in [-0.39, 0.29) is 5.78 Å². The summed E-state index contributed by atoms with van der Waals surface area (Å²) in [5, 5.41) is 11.0. The van der Waals surface area contributed by atoms with Crippen LogP contribution in [0.3, 0.4) is 0 Å². The predicted molar refractivity (Wildman–Crippen MR) is 38.1 cm³/mol. The molecule has 2 rings (SSSR count). The van der Waals surface area contributed by atoms with Gasteiger partial charge in [-0.1, -0.05) is 0 Å². The van der Waals surface area contributed by atoms with Crippen LogP contribution in [0.1, 0.15) is 22.5 Å². The number of aryl methyl sites for hydroxylation is 1. The number of fused-ring (bicyclic) bond motifs is 1. The van der Waals surface area contributed by atoms with Crippen molar-refractivity contribution in [2.45, 2.75) is 12.8 Å². The minimum absolute atomic E-state index is 0.0319. The van der Waals surface area contributed by atoms with Crippen LogP contribution >= 0.6 is 0 Å². The van der Waals surface area contributed by atoms with Gasteiger partial charge in [0.15, 0.2) is 6.20 Å². The first-order valence-corrected chi connectivity index (χ1v) is 3.53. The molecule has 1 aliphatic carbocycles. The zero-order valence-electron chi connectivity index (χ0n) is 5.91. The Bertz CT molecular complexity index is 320. The maximum atomic E-state index is 11.1. The molecule has 0 aromatic carbocycles. The molecule has 0 atom stereocenters. The van der Waals surface area contributed by atoms with Crippen molar-refractivity contribution in [1.82, 2.24) is 0 Å². The fraction of sp³-hybridized carbons (Fsp3) is 0.250. The largest absolute Gasteiger partial charge is 0.618 e. The Balaban J connectivity index is 2.68. The molecule has 0 bridgehead atoms. The van der Waals surface area contributed by atoms with Gasteiger partial charge >= 0.3 is 0 Å². The molecule has 11 heavy (non-hydrogen) atoms. The van der Waals surface area contributed by atoms with Crippen LogP contribution in [0.25, 0.3) is 0 Å². The van der Waals surface area contributed by atoms with Crippen LogP contribution in [0.5, 0.6) is 0 Å². The number of pyridine rings is 1. The number of carbonyl (C=O) groups is 1. The van der Waals surface area contributed by atoms with Crippen molar-refractivity contribution in [2.24, 2.45) is 0 Å². The lowest BCUT2D eigenvalue weighted by Crippen LogP contribution is -2.33. The maximum Gasteiger partial charge on any atom is 0.263 e. The van der Waals surface area contributed by atoms with Gasteiger partial charge in [-0.3, -0.25) is 4.79 Å². The standard InChI is InChI=1S/C8H7NO2/c10-7-4-3-6-2-1-5-9(11)8(6)7/h1-2,5H,3-4H2. The molecule has 0 radical (unpaired) electrons. The lowest BCUT2D eigenvalue weighted by atomic mass is 10.2. The molecule has 1 heterocycles. The normalized spacial score (nSPS) is 15.1. The van der Waals surface area contributed by atoms with E-state index in [0.717, 1.165) is 12.0 Å². The van der Waals surface area contributed by atoms with Crippen molar-refractivity contribution >= 4 is 5.78 Å². The van der Waals surface area contributed by atoms with Gasteiger partial charge in [0.25, 0.3) is 5.69 Å². The van der Waals surface area contributed by atoms with Crippen molar-refractivity contribution in [3.8, 4) is 0 Å². The first kappa shape index (κ1) is 6.34. The van der Waals surface area contributed by atoms with Crippen LogP contribution < -0.4 is 4.73 Å². The summed E-state index contributed by atoms with van der Waals surface area (Å²) in [6.45, 7) is 0. The minimum atomic E-state index is -0.0319. The summed E-state index contributed by atoms with van der Waals surface area (Å²) in [4.78, 5) is 11.1. The van der Waals surface area contributed by atoms with E-state index in [1.54, 1.807) is 6.07 Å². The number of ketones is 1. The number of rotatable bonds is 0. The molecule has 0 unspecified atom stereocenters. The molecular weight excluding hydrogens is 142 g/mol. The Hall–Kier alpha value is -1.38. The summed E-state index contributed by atoms with van der Waals surface area (Å²) >= 11 is 0. The Labute approximate surface area is 63.9 Å². The topological polar surface area (TPSA) is 44.0 Å². The van der Waals surface area contributed by atoms with E-state index < -0.39 is 0 Å². The van der Waals surface area contributed by atoms with E-state index in [1.165, 1.54) is 6.20 Å². The number of Topliss-reactive ketones (excluding diaryl/α,β-unsaturated/α-hetero) is 1. The average Bonchev–Trinajstić information content (AvgIpc) is 2.34. The van der Waals surface area contributed by atoms with Gasteiger partial charge in [0.2, 0.25) is 5.78 Å². The van der Waals surface area contributed by atoms with E-state index in [1.807, 2.05) is 6.07 Å². The Morgan fingerprint density at radius 3 is 3.00 bits per heavy atom. The number of hydrogen-bond acceptors (Lipinski definition) is 2. The van der Waals surface area contributed by atoms with Crippen molar-refractivity contribution < 1.29 is 9.52 Å². The molecule has 3 nitrogen and oxygen atoms in total. The summed E-state index contributed by atoms with van der Waals surface area (Å²) in [5.41, 5.74) is 1.22. The van der Waals surface area contributed by atoms with Gasteiger partial charge in [-0.2, -0.15) is 4.73 Å². The van der Waals surface area contributed by atoms with E-state index in [9.17, 15) is 10.0 Å². The van der Waals surface area contributed by atoms with Crippen molar-refractivity contribution in [1.29, 1.82) is 0 Å². The molecule has 3 heteroatoms. The van der Waals surface area contributed by atoms with Crippen molar-refractivity contribution in [3.05, 3.63) is 34.8 Å². The molecule has 0 aliphatic heterocycles. The third kappa shape index (κ3) is 0.808. The third-order valence-electron chi connectivity index (χ3n) is 1.93. The molecule has 56 valence electrons. The number of hydrogen-bond donors (Lipinski definition) is 0. The third-order valence-corrected chi connectivity index (χ3v) is 1.93. The van der Waals surface area contributed by atoms with Gasteiger partial charge in [0.05, 0.1) is 0 Å². The van der Waals surface area contributed by atoms with E-state index in [4.69, 9.17) is 0 Å². The highest BCUT2D eigenvalue weighted by molar-refractivity contribution is 5.97. The SMILES string of the molecule is O=C1CCc2ccc[n+]([O-])c21. The van der Waals surface area contributed by atoms with Crippen LogP contribution in [-0.4, -0.2) is 5.78 Å². The highest BCUT2D eigenvalue weighted by Gasteiger charge is 2.27. The molecule has 0 amide bonds. The molecule has 0 fully saturated rings. The summed E-state index contributed by atoms with van der Waals surface area (Å²) in [7, 11) is 0. The van der Waals surface area contributed by atoms with Gasteiger partial charge in [0.1, 0.15) is 0 Å². The summed E-state index contributed by atoms with van der Waals surface area (Å²) < 4.78 is 0.657. The molecule has 0 saturated carbocycles. The van der Waals surface area contributed by atoms with Gasteiger partial charge in [-0.25, -0.2) is 0 Å². The fourth-order valence-corrected chi connectivity index (χ4v) is 1.40. The Morgan fingerprint density at radius 2 is 2.27 bits per heavy atom. The minimum Gasteiger partial charge on any atom is -0.618 e. The fourth-order valence-electron chi connectivity index (χ4n) is 1.40. The lowest BCUT2D eigenvalue weighted by Gasteiger charge is -1.98. The van der Waals surface area contributed by atoms with Gasteiger partial charge < -0.3 is 5.21 Å². The smallest absolute Gasteiger partial charge is 0.263 e. The second kappa shape index (κ2) is 2.05. The predicted octanol–water partition coefficient (Wildman–Crippen LogP) is 0.449. The Kier molecular flexibility index (Phi) is 1.18. The zero-order valence-corrected chi connectivity index (χ0v) is 5.91. The summed E-state index contributed by atoms with van der Waals surface area (Å²) in [6.07, 6.45) is 2.57. The van der Waals surface area contributed by atoms with Crippen molar-refractivity contribution in [3.63, 3.8) is 0 Å². The van der Waals surface area contributed by atoms with E-state index in [0.29, 0.717) is 16.8 Å². The van der Waals surface area contributed by atoms with Crippen LogP contribution in [0.2, 0.25) is 0 Å². The number of aromatic nitrogens is 1. The molecular formula is C8H7NO2. The molecule has 1 aliphatic rings. The number of nitrogens with zero attached hydrogens (tertiary/aromatic N) is 1. The van der Waals surface area contributed by atoms with E-state index in [2.05, 4.69) is 0 Å². The van der Waals surface area contributed by atoms with Crippen LogP contribution in [0.15, 0.2) is 18.3 Å². The summed E-state index contributed by atoms with van der Waals surface area (Å²) in [6, 6.07) is 3.50. The second-order valence-corrected chi connectivity index (χ2v) is 2.63. The molecule has 0 N–H and O–H groups in total. The van der Waals surface area contributed by atoms with Crippen LogP contribution in [0.4, 0.5) is 0 Å². The van der Waals surface area contributed by atoms with Crippen molar-refractivity contribution in [2.75, 3.05) is 0 Å². The highest BCUT2D eigenvalue weighted by Crippen LogP contribution is 2.16. The lowest BCUT2D eigenvalue weighted by molar-refractivity contribution is -0.607. The first-order chi connectivity index (χ1) is 5.29. The van der Waals surface area contributed by atoms with Crippen LogP contribution in [-0.2, 0) is 6.42 Å². The Morgan fingerprint density at radius 1 is 1.45 bits per heavy atom. The van der Waals surface area contributed by atoms with Gasteiger partial charge in [-0.15, -0.1) is 0 Å². The zero-order chi connectivity index (χ0) is 7.84. The second-order valence-electron chi connectivity index (χ2n) is 2.63. The highest BCUT2D eigenvalue weighted by atomic mass is 16.5. The quantitative estimate of drug-likeness (QED) is 0.397. The van der Waals surface area contributed by atoms with Crippen LogP contribution in [0, 0.1) is 5.21 Å². The average molecular weight is 149 g/mol. The number of carbonyl (C=O) groups excluding carboxylic acids is 1. The molecule has 0 saturated heterocycles. The maximum absolute atomic E-state index is 11.1. The van der Waals surface area contributed by atoms with Gasteiger partial charge in [-0.05, 0) is 12.5 Å². The molecule has 1 aromatic rings. The molecule has 0 spiro atoms. The van der Waals surface area contributed by atoms with E-state index >= 15 is 0 Å². The molecule has 1 aromatic heterocycles.